The Morgan fingerprint density at radius 2 is 2.42 bits per heavy atom. The second-order valence-electron chi connectivity index (χ2n) is 3.27. The standard InChI is InChI=1S/C9H19NO2/c1-8-9(4-7-12-8)10-5-3-6-11-2/h8-10H,3-7H2,1-2H3/t8-,9-/m0/s1. The molecule has 0 aromatic rings. The number of hydrogen-bond donors (Lipinski definition) is 1. The molecule has 1 heterocycles. The van der Waals surface area contributed by atoms with E-state index in [0.29, 0.717) is 12.1 Å². The lowest BCUT2D eigenvalue weighted by Crippen LogP contribution is -2.35. The zero-order valence-electron chi connectivity index (χ0n) is 8.01. The van der Waals surface area contributed by atoms with E-state index >= 15 is 0 Å². The fraction of sp³-hybridized carbons (Fsp3) is 1.00. The van der Waals surface area contributed by atoms with Gasteiger partial charge in [-0.2, -0.15) is 0 Å². The molecule has 0 radical (unpaired) electrons. The third kappa shape index (κ3) is 3.09. The first kappa shape index (κ1) is 9.96. The molecule has 1 aliphatic rings. The van der Waals surface area contributed by atoms with Crippen molar-refractivity contribution in [1.29, 1.82) is 0 Å². The Balaban J connectivity index is 1.98. The predicted molar refractivity (Wildman–Crippen MR) is 48.3 cm³/mol. The topological polar surface area (TPSA) is 30.5 Å². The zero-order valence-corrected chi connectivity index (χ0v) is 8.01. The van der Waals surface area contributed by atoms with E-state index in [1.54, 1.807) is 7.11 Å². The van der Waals surface area contributed by atoms with Crippen LogP contribution in [0.4, 0.5) is 0 Å². The number of methoxy groups -OCH3 is 1. The molecule has 3 nitrogen and oxygen atoms in total. The summed E-state index contributed by atoms with van der Waals surface area (Å²) in [5, 5.41) is 3.46. The highest BCUT2D eigenvalue weighted by atomic mass is 16.5. The van der Waals surface area contributed by atoms with Crippen molar-refractivity contribution in [3.8, 4) is 0 Å². The average Bonchev–Trinajstić information content (AvgIpc) is 2.46. The largest absolute Gasteiger partial charge is 0.385 e. The summed E-state index contributed by atoms with van der Waals surface area (Å²) in [6, 6.07) is 0.557. The zero-order chi connectivity index (χ0) is 8.81. The van der Waals surface area contributed by atoms with Crippen LogP contribution >= 0.6 is 0 Å². The van der Waals surface area contributed by atoms with Crippen molar-refractivity contribution in [3.63, 3.8) is 0 Å². The molecule has 0 spiro atoms. The van der Waals surface area contributed by atoms with Crippen LogP contribution in [0.1, 0.15) is 19.8 Å². The van der Waals surface area contributed by atoms with Gasteiger partial charge in [0.15, 0.2) is 0 Å². The van der Waals surface area contributed by atoms with Crippen LogP contribution in [0, 0.1) is 0 Å². The van der Waals surface area contributed by atoms with Crippen molar-refractivity contribution in [1.82, 2.24) is 5.32 Å². The SMILES string of the molecule is COCCCN[C@H]1CCO[C@H]1C. The maximum absolute atomic E-state index is 5.43. The highest BCUT2D eigenvalue weighted by Crippen LogP contribution is 2.11. The van der Waals surface area contributed by atoms with Crippen molar-refractivity contribution >= 4 is 0 Å². The Kier molecular flexibility index (Phi) is 4.58. The average molecular weight is 173 g/mol. The third-order valence-corrected chi connectivity index (χ3v) is 2.31. The van der Waals surface area contributed by atoms with E-state index in [-0.39, 0.29) is 0 Å². The molecule has 0 saturated carbocycles. The lowest BCUT2D eigenvalue weighted by atomic mass is 10.1. The van der Waals surface area contributed by atoms with Crippen LogP contribution in [0.3, 0.4) is 0 Å². The van der Waals surface area contributed by atoms with Gasteiger partial charge in [0.25, 0.3) is 0 Å². The molecule has 1 aliphatic heterocycles. The third-order valence-electron chi connectivity index (χ3n) is 2.31. The predicted octanol–water partition coefficient (Wildman–Crippen LogP) is 0.790. The van der Waals surface area contributed by atoms with Crippen LogP contribution < -0.4 is 5.32 Å². The first-order valence-electron chi connectivity index (χ1n) is 4.68. The number of ether oxygens (including phenoxy) is 2. The summed E-state index contributed by atoms with van der Waals surface area (Å²) in [6.07, 6.45) is 2.61. The fourth-order valence-corrected chi connectivity index (χ4v) is 1.50. The molecular formula is C9H19NO2. The van der Waals surface area contributed by atoms with E-state index in [9.17, 15) is 0 Å². The lowest BCUT2D eigenvalue weighted by molar-refractivity contribution is 0.112. The Bertz CT molecular complexity index is 119. The summed E-state index contributed by atoms with van der Waals surface area (Å²) in [7, 11) is 1.74. The molecule has 12 heavy (non-hydrogen) atoms. The minimum atomic E-state index is 0.382. The van der Waals surface area contributed by atoms with Gasteiger partial charge in [0.05, 0.1) is 6.10 Å². The van der Waals surface area contributed by atoms with E-state index in [2.05, 4.69) is 12.2 Å². The first-order valence-corrected chi connectivity index (χ1v) is 4.68. The van der Waals surface area contributed by atoms with Crippen molar-refractivity contribution in [2.45, 2.75) is 31.9 Å². The summed E-state index contributed by atoms with van der Waals surface area (Å²) < 4.78 is 10.4. The summed E-state index contributed by atoms with van der Waals surface area (Å²) in [5.74, 6) is 0. The highest BCUT2D eigenvalue weighted by Gasteiger charge is 2.22. The second-order valence-corrected chi connectivity index (χ2v) is 3.27. The van der Waals surface area contributed by atoms with Crippen LogP contribution in [0.2, 0.25) is 0 Å². The molecule has 1 N–H and O–H groups in total. The summed E-state index contributed by atoms with van der Waals surface area (Å²) in [4.78, 5) is 0. The number of rotatable bonds is 5. The molecule has 0 aromatic carbocycles. The second kappa shape index (κ2) is 5.51. The van der Waals surface area contributed by atoms with E-state index in [1.807, 2.05) is 0 Å². The van der Waals surface area contributed by atoms with E-state index in [1.165, 1.54) is 0 Å². The van der Waals surface area contributed by atoms with E-state index < -0.39 is 0 Å². The molecule has 2 atom stereocenters. The normalized spacial score (nSPS) is 29.5. The molecule has 1 rings (SSSR count). The van der Waals surface area contributed by atoms with E-state index in [4.69, 9.17) is 9.47 Å². The quantitative estimate of drug-likeness (QED) is 0.623. The van der Waals surface area contributed by atoms with Gasteiger partial charge in [-0.3, -0.25) is 0 Å². The molecular weight excluding hydrogens is 154 g/mol. The van der Waals surface area contributed by atoms with Gasteiger partial charge in [-0.25, -0.2) is 0 Å². The summed E-state index contributed by atoms with van der Waals surface area (Å²) in [5.41, 5.74) is 0. The van der Waals surface area contributed by atoms with Crippen molar-refractivity contribution < 1.29 is 9.47 Å². The Morgan fingerprint density at radius 3 is 3.00 bits per heavy atom. The number of nitrogens with one attached hydrogen (secondary N) is 1. The smallest absolute Gasteiger partial charge is 0.0700 e. The molecule has 0 aliphatic carbocycles. The molecule has 72 valence electrons. The van der Waals surface area contributed by atoms with Crippen LogP contribution in [0.15, 0.2) is 0 Å². The van der Waals surface area contributed by atoms with Gasteiger partial charge in [-0.05, 0) is 26.3 Å². The Labute approximate surface area is 74.4 Å². The van der Waals surface area contributed by atoms with Crippen LogP contribution in [0.5, 0.6) is 0 Å². The maximum Gasteiger partial charge on any atom is 0.0700 e. The molecule has 1 saturated heterocycles. The minimum Gasteiger partial charge on any atom is -0.385 e. The summed E-state index contributed by atoms with van der Waals surface area (Å²) in [6.45, 7) is 4.91. The van der Waals surface area contributed by atoms with E-state index in [0.717, 1.165) is 32.6 Å². The Hall–Kier alpha value is -0.120. The van der Waals surface area contributed by atoms with Crippen LogP contribution in [0.25, 0.3) is 0 Å². The number of hydrogen-bond acceptors (Lipinski definition) is 3. The Morgan fingerprint density at radius 1 is 1.58 bits per heavy atom. The van der Waals surface area contributed by atoms with Gasteiger partial charge in [0.2, 0.25) is 0 Å². The summed E-state index contributed by atoms with van der Waals surface area (Å²) >= 11 is 0. The van der Waals surface area contributed by atoms with Gasteiger partial charge < -0.3 is 14.8 Å². The van der Waals surface area contributed by atoms with Crippen molar-refractivity contribution in [2.75, 3.05) is 26.9 Å². The first-order chi connectivity index (χ1) is 5.84. The monoisotopic (exact) mass is 173 g/mol. The molecule has 3 heteroatoms. The molecule has 0 aromatic heterocycles. The highest BCUT2D eigenvalue weighted by molar-refractivity contribution is 4.78. The van der Waals surface area contributed by atoms with Gasteiger partial charge in [-0.15, -0.1) is 0 Å². The molecule has 1 fully saturated rings. The van der Waals surface area contributed by atoms with Crippen molar-refractivity contribution in [2.24, 2.45) is 0 Å². The fourth-order valence-electron chi connectivity index (χ4n) is 1.50. The van der Waals surface area contributed by atoms with Crippen molar-refractivity contribution in [3.05, 3.63) is 0 Å². The van der Waals surface area contributed by atoms with Crippen LogP contribution in [-0.4, -0.2) is 39.0 Å². The maximum atomic E-state index is 5.43. The molecule has 0 bridgehead atoms. The van der Waals surface area contributed by atoms with Gasteiger partial charge >= 0.3 is 0 Å². The van der Waals surface area contributed by atoms with Gasteiger partial charge in [0.1, 0.15) is 0 Å². The van der Waals surface area contributed by atoms with Crippen LogP contribution in [-0.2, 0) is 9.47 Å². The molecule has 0 amide bonds. The van der Waals surface area contributed by atoms with Gasteiger partial charge in [-0.1, -0.05) is 0 Å². The molecule has 0 unspecified atom stereocenters. The lowest BCUT2D eigenvalue weighted by Gasteiger charge is -2.15. The van der Waals surface area contributed by atoms with Gasteiger partial charge in [0, 0.05) is 26.4 Å². The minimum absolute atomic E-state index is 0.382.